The topological polar surface area (TPSA) is 65.9 Å². The summed E-state index contributed by atoms with van der Waals surface area (Å²) in [6.07, 6.45) is 5.47. The van der Waals surface area contributed by atoms with Gasteiger partial charge in [-0.1, -0.05) is 12.1 Å². The maximum absolute atomic E-state index is 5.65. The highest BCUT2D eigenvalue weighted by Crippen LogP contribution is 2.33. The zero-order chi connectivity index (χ0) is 23.4. The second kappa shape index (κ2) is 9.87. The third kappa shape index (κ3) is 4.90. The summed E-state index contributed by atoms with van der Waals surface area (Å²) in [4.78, 5) is 9.73. The fourth-order valence-corrected chi connectivity index (χ4v) is 4.35. The van der Waals surface area contributed by atoms with E-state index in [1.165, 1.54) is 0 Å². The minimum absolute atomic E-state index is 0.144. The Kier molecular flexibility index (Phi) is 6.74. The fraction of sp³-hybridized carbons (Fsp3) is 0.240. The molecule has 0 bridgehead atoms. The zero-order valence-corrected chi connectivity index (χ0v) is 20.2. The molecule has 170 valence electrons. The van der Waals surface area contributed by atoms with Crippen LogP contribution in [0.2, 0.25) is 0 Å². The number of methoxy groups -OCH3 is 2. The van der Waals surface area contributed by atoms with E-state index in [0.29, 0.717) is 0 Å². The number of nitrogens with zero attached hydrogens (tertiary/aromatic N) is 5. The molecule has 0 N–H and O–H groups in total. The van der Waals surface area contributed by atoms with E-state index in [1.54, 1.807) is 38.1 Å². The minimum Gasteiger partial charge on any atom is -0.497 e. The molecule has 33 heavy (non-hydrogen) atoms. The summed E-state index contributed by atoms with van der Waals surface area (Å²) in [7, 11) is 3.30. The first kappa shape index (κ1) is 22.5. The molecule has 0 aliphatic rings. The number of hydrogen-bond acceptors (Lipinski definition) is 6. The number of aromatic nitrogens is 3. The van der Waals surface area contributed by atoms with Crippen molar-refractivity contribution in [1.29, 1.82) is 0 Å². The zero-order valence-electron chi connectivity index (χ0n) is 19.4. The summed E-state index contributed by atoms with van der Waals surface area (Å²) >= 11 is 1.56. The molecule has 0 atom stereocenters. The highest BCUT2D eigenvalue weighted by molar-refractivity contribution is 7.07. The fourth-order valence-electron chi connectivity index (χ4n) is 3.40. The summed E-state index contributed by atoms with van der Waals surface area (Å²) in [5, 5.41) is 7.03. The average Bonchev–Trinajstić information content (AvgIpc) is 3.49. The van der Waals surface area contributed by atoms with Crippen molar-refractivity contribution in [2.75, 3.05) is 14.2 Å². The Hall–Kier alpha value is -3.65. The summed E-state index contributed by atoms with van der Waals surface area (Å²) in [6.45, 7) is 6.12. The third-order valence-corrected chi connectivity index (χ3v) is 5.91. The maximum Gasteiger partial charge on any atom is 0.206 e. The quantitative estimate of drug-likeness (QED) is 0.364. The summed E-state index contributed by atoms with van der Waals surface area (Å²) in [5.41, 5.74) is 4.79. The van der Waals surface area contributed by atoms with Crippen LogP contribution in [-0.2, 0) is 0 Å². The molecule has 7 nitrogen and oxygen atoms in total. The predicted octanol–water partition coefficient (Wildman–Crippen LogP) is 5.00. The van der Waals surface area contributed by atoms with Crippen LogP contribution >= 0.6 is 11.3 Å². The van der Waals surface area contributed by atoms with E-state index in [4.69, 9.17) is 19.6 Å². The van der Waals surface area contributed by atoms with E-state index in [9.17, 15) is 0 Å². The lowest BCUT2D eigenvalue weighted by molar-refractivity contribution is 0.395. The van der Waals surface area contributed by atoms with Gasteiger partial charge in [0, 0.05) is 41.1 Å². The van der Waals surface area contributed by atoms with Crippen molar-refractivity contribution in [3.05, 3.63) is 76.9 Å². The highest BCUT2D eigenvalue weighted by Gasteiger charge is 2.15. The van der Waals surface area contributed by atoms with Crippen molar-refractivity contribution < 1.29 is 9.47 Å². The second-order valence-electron chi connectivity index (χ2n) is 7.71. The molecule has 2 aromatic carbocycles. The van der Waals surface area contributed by atoms with Crippen LogP contribution in [0.5, 0.6) is 11.5 Å². The van der Waals surface area contributed by atoms with Crippen LogP contribution in [-0.4, -0.2) is 40.2 Å². The highest BCUT2D eigenvalue weighted by atomic mass is 32.1. The monoisotopic (exact) mass is 461 g/mol. The molecule has 0 spiro atoms. The van der Waals surface area contributed by atoms with Gasteiger partial charge in [0.1, 0.15) is 11.5 Å². The molecule has 0 aliphatic carbocycles. The molecular formula is C25H27N5O2S. The number of hydrogen-bond donors (Lipinski definition) is 0. The Morgan fingerprint density at radius 1 is 1.06 bits per heavy atom. The van der Waals surface area contributed by atoms with Gasteiger partial charge in [-0.3, -0.25) is 4.99 Å². The summed E-state index contributed by atoms with van der Waals surface area (Å²) in [5.74, 6) is 1.46. The number of imidazole rings is 1. The number of thiazole rings is 1. The minimum atomic E-state index is 0.144. The Balaban J connectivity index is 1.79. The van der Waals surface area contributed by atoms with Crippen LogP contribution in [0.15, 0.2) is 76.7 Å². The first-order chi connectivity index (χ1) is 16.0. The van der Waals surface area contributed by atoms with Crippen molar-refractivity contribution in [3.8, 4) is 28.4 Å². The number of benzene rings is 2. The summed E-state index contributed by atoms with van der Waals surface area (Å²) < 4.78 is 14.9. The van der Waals surface area contributed by atoms with E-state index >= 15 is 0 Å². The van der Waals surface area contributed by atoms with E-state index in [2.05, 4.69) is 48.5 Å². The van der Waals surface area contributed by atoms with Gasteiger partial charge in [-0.05, 0) is 50.6 Å². The Labute approximate surface area is 197 Å². The Morgan fingerprint density at radius 3 is 2.48 bits per heavy atom. The molecule has 8 heteroatoms. The molecule has 4 aromatic rings. The van der Waals surface area contributed by atoms with Crippen molar-refractivity contribution in [2.24, 2.45) is 10.1 Å². The lowest BCUT2D eigenvalue weighted by Crippen LogP contribution is -2.16. The van der Waals surface area contributed by atoms with Crippen LogP contribution in [0.25, 0.3) is 16.9 Å². The lowest BCUT2D eigenvalue weighted by Gasteiger charge is -2.12. The lowest BCUT2D eigenvalue weighted by atomic mass is 10.1. The molecule has 0 radical (unpaired) electrons. The number of rotatable bonds is 7. The first-order valence-corrected chi connectivity index (χ1v) is 11.5. The van der Waals surface area contributed by atoms with Crippen molar-refractivity contribution in [3.63, 3.8) is 0 Å². The molecule has 4 rings (SSSR count). The van der Waals surface area contributed by atoms with Gasteiger partial charge in [0.05, 0.1) is 32.0 Å². The number of ether oxygens (including phenoxy) is 2. The normalized spacial score (nSPS) is 12.4. The SMILES string of the molecule is COc1ccc(-c2csc(=NC(C)C)n2N=C(C)c2ccc(-n3ccnc3)cc2)c(OC)c1. The molecule has 0 unspecified atom stereocenters. The van der Waals surface area contributed by atoms with Gasteiger partial charge in [0.25, 0.3) is 0 Å². The first-order valence-electron chi connectivity index (χ1n) is 10.6. The van der Waals surface area contributed by atoms with E-state index in [1.807, 2.05) is 40.6 Å². The smallest absolute Gasteiger partial charge is 0.206 e. The molecule has 0 saturated carbocycles. The largest absolute Gasteiger partial charge is 0.497 e. The van der Waals surface area contributed by atoms with Crippen molar-refractivity contribution in [1.82, 2.24) is 14.2 Å². The van der Waals surface area contributed by atoms with Crippen molar-refractivity contribution >= 4 is 17.0 Å². The van der Waals surface area contributed by atoms with Crippen LogP contribution in [0.1, 0.15) is 26.3 Å². The molecule has 0 amide bonds. The van der Waals surface area contributed by atoms with Crippen LogP contribution < -0.4 is 14.3 Å². The molecule has 0 aliphatic heterocycles. The van der Waals surface area contributed by atoms with Gasteiger partial charge >= 0.3 is 0 Å². The van der Waals surface area contributed by atoms with E-state index in [-0.39, 0.29) is 6.04 Å². The molecule has 0 saturated heterocycles. The molecular weight excluding hydrogens is 434 g/mol. The van der Waals surface area contributed by atoms with E-state index in [0.717, 1.165) is 44.5 Å². The Bertz CT molecular complexity index is 1320. The van der Waals surface area contributed by atoms with Gasteiger partial charge in [-0.25, -0.2) is 9.66 Å². The molecule has 2 heterocycles. The van der Waals surface area contributed by atoms with Gasteiger partial charge in [0.2, 0.25) is 4.80 Å². The van der Waals surface area contributed by atoms with E-state index < -0.39 is 0 Å². The second-order valence-corrected chi connectivity index (χ2v) is 8.54. The predicted molar refractivity (Wildman–Crippen MR) is 133 cm³/mol. The standard InChI is InChI=1S/C25H27N5O2S/c1-17(2)27-25-30(23(15-33-25)22-11-10-21(31-4)14-24(22)32-5)28-18(3)19-6-8-20(9-7-19)29-13-12-26-16-29/h6-17H,1-5H3. The Morgan fingerprint density at radius 2 is 1.85 bits per heavy atom. The van der Waals surface area contributed by atoms with Crippen LogP contribution in [0.4, 0.5) is 0 Å². The van der Waals surface area contributed by atoms with Crippen molar-refractivity contribution in [2.45, 2.75) is 26.8 Å². The molecule has 2 aromatic heterocycles. The third-order valence-electron chi connectivity index (χ3n) is 5.08. The van der Waals surface area contributed by atoms with Gasteiger partial charge in [-0.15, -0.1) is 11.3 Å². The maximum atomic E-state index is 5.65. The van der Waals surface area contributed by atoms with Crippen LogP contribution in [0, 0.1) is 0 Å². The molecule has 0 fully saturated rings. The van der Waals surface area contributed by atoms with Gasteiger partial charge in [0.15, 0.2) is 0 Å². The average molecular weight is 462 g/mol. The summed E-state index contributed by atoms with van der Waals surface area (Å²) in [6, 6.07) is 14.2. The van der Waals surface area contributed by atoms with Crippen LogP contribution in [0.3, 0.4) is 0 Å². The van der Waals surface area contributed by atoms with Gasteiger partial charge < -0.3 is 14.0 Å². The van der Waals surface area contributed by atoms with Gasteiger partial charge in [-0.2, -0.15) is 5.10 Å².